The second-order valence-corrected chi connectivity index (χ2v) is 1.85. The highest BCUT2D eigenvalue weighted by Crippen LogP contribution is 1.86. The predicted octanol–water partition coefficient (Wildman–Crippen LogP) is 0.596. The van der Waals surface area contributed by atoms with Crippen LogP contribution in [0, 0.1) is 0 Å². The summed E-state index contributed by atoms with van der Waals surface area (Å²) in [5.74, 6) is 0. The normalized spacial score (nSPS) is 10.0. The van der Waals surface area contributed by atoms with Crippen LogP contribution >= 0.6 is 11.9 Å². The summed E-state index contributed by atoms with van der Waals surface area (Å²) in [7, 11) is -4.40. The molecule has 0 aromatic heterocycles. The lowest BCUT2D eigenvalue weighted by Crippen LogP contribution is -1.92. The Bertz CT molecular complexity index is 114. The summed E-state index contributed by atoms with van der Waals surface area (Å²) in [5, 5.41) is 0. The minimum atomic E-state index is -4.40. The monoisotopic (exact) mass is 148 g/mol. The Morgan fingerprint density at radius 3 is 1.71 bits per heavy atom. The van der Waals surface area contributed by atoms with E-state index in [9.17, 15) is 8.42 Å². The first-order valence-electron chi connectivity index (χ1n) is 0.837. The zero-order chi connectivity index (χ0) is 5.21. The molecule has 0 saturated carbocycles. The quantitative estimate of drug-likeness (QED) is 0.553. The number of rotatable bonds is 1. The first-order chi connectivity index (χ1) is 2.56. The minimum absolute atomic E-state index is 0. The van der Waals surface area contributed by atoms with Crippen LogP contribution in [-0.2, 0) is 14.1 Å². The first kappa shape index (κ1) is 10.2. The van der Waals surface area contributed by atoms with Crippen LogP contribution in [-0.4, -0.2) is 13.0 Å². The second kappa shape index (κ2) is 3.20. The van der Waals surface area contributed by atoms with E-state index in [-0.39, 0.29) is 7.43 Å². The maximum atomic E-state index is 9.20. The van der Waals surface area contributed by atoms with Crippen molar-refractivity contribution in [1.29, 1.82) is 0 Å². The van der Waals surface area contributed by atoms with E-state index in [0.29, 0.717) is 0 Å². The Morgan fingerprint density at radius 1 is 1.57 bits per heavy atom. The fourth-order valence-electron chi connectivity index (χ4n) is 0. The summed E-state index contributed by atoms with van der Waals surface area (Å²) < 4.78 is 28.8. The van der Waals surface area contributed by atoms with Crippen molar-refractivity contribution in [3.8, 4) is 0 Å². The van der Waals surface area contributed by atoms with Crippen LogP contribution in [0.1, 0.15) is 7.43 Å². The average molecular weight is 149 g/mol. The topological polar surface area (TPSA) is 63.6 Å². The lowest BCUT2D eigenvalue weighted by Gasteiger charge is -1.77. The van der Waals surface area contributed by atoms with E-state index in [0.717, 1.165) is 0 Å². The average Bonchev–Trinajstić information content (AvgIpc) is 1.35. The van der Waals surface area contributed by atoms with Crippen molar-refractivity contribution in [2.45, 2.75) is 7.43 Å². The molecule has 0 spiro atoms. The highest BCUT2D eigenvalue weighted by Gasteiger charge is 1.97. The summed E-state index contributed by atoms with van der Waals surface area (Å²) in [5.41, 5.74) is 0. The minimum Gasteiger partial charge on any atom is -0.263 e. The van der Waals surface area contributed by atoms with Crippen LogP contribution in [0.25, 0.3) is 0 Å². The fraction of sp³-hybridized carbons (Fsp3) is 1.00. The van der Waals surface area contributed by atoms with Crippen LogP contribution in [0.15, 0.2) is 0 Å². The summed E-state index contributed by atoms with van der Waals surface area (Å²) in [6.07, 6.45) is 0. The van der Waals surface area contributed by atoms with Gasteiger partial charge in [0.05, 0.1) is 11.9 Å². The van der Waals surface area contributed by atoms with E-state index >= 15 is 0 Å². The van der Waals surface area contributed by atoms with Crippen LogP contribution < -0.4 is 0 Å². The SMILES string of the molecule is C.O=S(=O)(O)OCl. The molecule has 0 radical (unpaired) electrons. The molecule has 0 heterocycles. The van der Waals surface area contributed by atoms with Crippen molar-refractivity contribution in [2.75, 3.05) is 0 Å². The molecule has 0 saturated heterocycles. The van der Waals surface area contributed by atoms with E-state index in [1.807, 2.05) is 0 Å². The van der Waals surface area contributed by atoms with Crippen molar-refractivity contribution < 1.29 is 16.7 Å². The van der Waals surface area contributed by atoms with E-state index in [4.69, 9.17) is 4.55 Å². The van der Waals surface area contributed by atoms with Crippen molar-refractivity contribution in [3.05, 3.63) is 0 Å². The highest BCUT2D eigenvalue weighted by molar-refractivity contribution is 7.81. The Labute approximate surface area is 47.2 Å². The Morgan fingerprint density at radius 2 is 1.71 bits per heavy atom. The lowest BCUT2D eigenvalue weighted by atomic mass is 12.0. The fourth-order valence-corrected chi connectivity index (χ4v) is 0. The van der Waals surface area contributed by atoms with Gasteiger partial charge in [0.1, 0.15) is 0 Å². The molecule has 0 aliphatic rings. The zero-order valence-corrected chi connectivity index (χ0v) is 4.03. The molecule has 0 aliphatic heterocycles. The maximum absolute atomic E-state index is 9.20. The molecule has 6 heteroatoms. The standard InChI is InChI=1S/CH4.ClHO4S/c;1-5-6(2,3)4/h1H4;(H,2,3,4). The van der Waals surface area contributed by atoms with Gasteiger partial charge < -0.3 is 0 Å². The van der Waals surface area contributed by atoms with E-state index in [2.05, 4.69) is 15.6 Å². The number of hydrogen-bond donors (Lipinski definition) is 1. The van der Waals surface area contributed by atoms with Crippen molar-refractivity contribution in [3.63, 3.8) is 0 Å². The molecule has 0 aromatic carbocycles. The van der Waals surface area contributed by atoms with Gasteiger partial charge in [-0.2, -0.15) is 8.42 Å². The van der Waals surface area contributed by atoms with E-state index in [1.54, 1.807) is 0 Å². The first-order valence-corrected chi connectivity index (χ1v) is 2.51. The number of halogens is 1. The molecule has 1 N–H and O–H groups in total. The van der Waals surface area contributed by atoms with Gasteiger partial charge in [0.25, 0.3) is 0 Å². The molecule has 0 aliphatic carbocycles. The van der Waals surface area contributed by atoms with Gasteiger partial charge in [-0.25, -0.2) is 0 Å². The maximum Gasteiger partial charge on any atom is 0.413 e. The largest absolute Gasteiger partial charge is 0.413 e. The van der Waals surface area contributed by atoms with Gasteiger partial charge in [-0.1, -0.05) is 7.43 Å². The summed E-state index contributed by atoms with van der Waals surface area (Å²) in [4.78, 5) is 0. The molecule has 4 nitrogen and oxygen atoms in total. The summed E-state index contributed by atoms with van der Waals surface area (Å²) >= 11 is 4.14. The molecular formula is CH5ClO4S. The second-order valence-electron chi connectivity index (χ2n) is 0.491. The Balaban J connectivity index is 0. The van der Waals surface area contributed by atoms with Crippen LogP contribution in [0.3, 0.4) is 0 Å². The van der Waals surface area contributed by atoms with Gasteiger partial charge in [-0.05, 0) is 0 Å². The molecular weight excluding hydrogens is 144 g/mol. The molecule has 0 amide bonds. The molecule has 0 fully saturated rings. The van der Waals surface area contributed by atoms with E-state index < -0.39 is 10.4 Å². The lowest BCUT2D eigenvalue weighted by molar-refractivity contribution is 0.400. The predicted molar refractivity (Wildman–Crippen MR) is 25.2 cm³/mol. The third-order valence-electron chi connectivity index (χ3n) is 0.0796. The van der Waals surface area contributed by atoms with Gasteiger partial charge in [0.2, 0.25) is 0 Å². The van der Waals surface area contributed by atoms with Crippen LogP contribution in [0.4, 0.5) is 0 Å². The molecule has 0 aromatic rings. The van der Waals surface area contributed by atoms with E-state index in [1.165, 1.54) is 0 Å². The molecule has 0 bridgehead atoms. The molecule has 0 rings (SSSR count). The van der Waals surface area contributed by atoms with Crippen molar-refractivity contribution in [2.24, 2.45) is 0 Å². The van der Waals surface area contributed by atoms with Gasteiger partial charge in [-0.3, -0.25) is 4.55 Å². The molecule has 46 valence electrons. The summed E-state index contributed by atoms with van der Waals surface area (Å²) in [6, 6.07) is 0. The smallest absolute Gasteiger partial charge is 0.263 e. The van der Waals surface area contributed by atoms with Crippen LogP contribution in [0.2, 0.25) is 0 Å². The Kier molecular flexibility index (Phi) is 4.66. The molecule has 0 atom stereocenters. The van der Waals surface area contributed by atoms with Crippen LogP contribution in [0.5, 0.6) is 0 Å². The molecule has 7 heavy (non-hydrogen) atoms. The van der Waals surface area contributed by atoms with Gasteiger partial charge in [0, 0.05) is 0 Å². The third kappa shape index (κ3) is 10.7. The summed E-state index contributed by atoms with van der Waals surface area (Å²) in [6.45, 7) is 0. The van der Waals surface area contributed by atoms with Gasteiger partial charge in [-0.15, -0.1) is 3.74 Å². The van der Waals surface area contributed by atoms with Crippen molar-refractivity contribution >= 4 is 22.3 Å². The highest BCUT2D eigenvalue weighted by atomic mass is 35.5. The zero-order valence-electron chi connectivity index (χ0n) is 2.46. The Hall–Kier alpha value is 0.160. The number of hydrogen-bond acceptors (Lipinski definition) is 3. The third-order valence-corrected chi connectivity index (χ3v) is 0.716. The molecule has 0 unspecified atom stereocenters. The van der Waals surface area contributed by atoms with Gasteiger partial charge >= 0.3 is 10.4 Å². The van der Waals surface area contributed by atoms with Gasteiger partial charge in [0.15, 0.2) is 0 Å². The van der Waals surface area contributed by atoms with Crippen molar-refractivity contribution in [1.82, 2.24) is 0 Å².